The number of benzene rings is 2. The maximum absolute atomic E-state index is 4.08. The summed E-state index contributed by atoms with van der Waals surface area (Å²) >= 11 is 0. The summed E-state index contributed by atoms with van der Waals surface area (Å²) < 4.78 is 0. The van der Waals surface area contributed by atoms with Gasteiger partial charge in [0.15, 0.2) is 0 Å². The van der Waals surface area contributed by atoms with Crippen LogP contribution in [0.5, 0.6) is 0 Å². The number of nitrogens with zero attached hydrogens (tertiary/aromatic N) is 3. The molecule has 4 heteroatoms. The minimum absolute atomic E-state index is 0.533. The van der Waals surface area contributed by atoms with Crippen LogP contribution in [0.1, 0.15) is 11.1 Å². The van der Waals surface area contributed by atoms with Gasteiger partial charge < -0.3 is 5.32 Å². The van der Waals surface area contributed by atoms with E-state index < -0.39 is 0 Å². The lowest BCUT2D eigenvalue weighted by molar-refractivity contribution is 1.05. The summed E-state index contributed by atoms with van der Waals surface area (Å²) in [6, 6.07) is 18.2. The van der Waals surface area contributed by atoms with Crippen molar-refractivity contribution in [3.05, 3.63) is 78.4 Å². The van der Waals surface area contributed by atoms with Crippen molar-refractivity contribution < 1.29 is 0 Å². The van der Waals surface area contributed by atoms with E-state index in [9.17, 15) is 0 Å². The fourth-order valence-corrected chi connectivity index (χ4v) is 1.93. The zero-order valence-electron chi connectivity index (χ0n) is 11.3. The monoisotopic (exact) mass is 274 g/mol. The van der Waals surface area contributed by atoms with Gasteiger partial charge in [0.05, 0.1) is 0 Å². The Bertz CT molecular complexity index is 724. The summed E-state index contributed by atoms with van der Waals surface area (Å²) in [7, 11) is 0. The molecule has 1 N–H and O–H groups in total. The van der Waals surface area contributed by atoms with Crippen LogP contribution < -0.4 is 5.32 Å². The fourth-order valence-electron chi connectivity index (χ4n) is 1.93. The van der Waals surface area contributed by atoms with E-state index >= 15 is 0 Å². The first-order chi connectivity index (χ1) is 10.4. The minimum atomic E-state index is 0.533. The van der Waals surface area contributed by atoms with Gasteiger partial charge in [-0.15, -0.1) is 0 Å². The summed E-state index contributed by atoms with van der Waals surface area (Å²) in [6.07, 6.45) is 7.09. The number of para-hydroxylation sites is 1. The normalized spacial score (nSPS) is 10.7. The highest BCUT2D eigenvalue weighted by molar-refractivity contribution is 5.77. The average molecular weight is 274 g/mol. The molecule has 0 saturated carbocycles. The van der Waals surface area contributed by atoms with Crippen LogP contribution in [0.2, 0.25) is 0 Å². The van der Waals surface area contributed by atoms with Crippen molar-refractivity contribution in [3.63, 3.8) is 0 Å². The quantitative estimate of drug-likeness (QED) is 0.735. The first-order valence-electron chi connectivity index (χ1n) is 6.63. The Labute approximate surface area is 123 Å². The van der Waals surface area contributed by atoms with Crippen molar-refractivity contribution in [3.8, 4) is 0 Å². The number of aromatic nitrogens is 3. The lowest BCUT2D eigenvalue weighted by Crippen LogP contribution is -1.98. The van der Waals surface area contributed by atoms with Crippen molar-refractivity contribution in [2.24, 2.45) is 0 Å². The van der Waals surface area contributed by atoms with Crippen LogP contribution in [0.15, 0.2) is 67.3 Å². The minimum Gasteiger partial charge on any atom is -0.324 e. The van der Waals surface area contributed by atoms with Crippen LogP contribution in [0.4, 0.5) is 11.6 Å². The summed E-state index contributed by atoms with van der Waals surface area (Å²) in [5, 5.41) is 3.20. The van der Waals surface area contributed by atoms with Gasteiger partial charge in [0.2, 0.25) is 5.95 Å². The highest BCUT2D eigenvalue weighted by Crippen LogP contribution is 2.20. The van der Waals surface area contributed by atoms with E-state index in [0.29, 0.717) is 5.95 Å². The van der Waals surface area contributed by atoms with Crippen molar-refractivity contribution in [2.45, 2.75) is 0 Å². The fraction of sp³-hybridized carbons (Fsp3) is 0. The van der Waals surface area contributed by atoms with Crippen LogP contribution in [0.3, 0.4) is 0 Å². The number of hydrogen-bond donors (Lipinski definition) is 1. The molecule has 0 spiro atoms. The Morgan fingerprint density at radius 2 is 1.48 bits per heavy atom. The van der Waals surface area contributed by atoms with Gasteiger partial charge in [0.25, 0.3) is 0 Å². The van der Waals surface area contributed by atoms with E-state index in [4.69, 9.17) is 0 Å². The average Bonchev–Trinajstić information content (AvgIpc) is 2.56. The van der Waals surface area contributed by atoms with Crippen molar-refractivity contribution >= 4 is 23.8 Å². The molecule has 1 aromatic heterocycles. The summed E-state index contributed by atoms with van der Waals surface area (Å²) in [4.78, 5) is 12.0. The molecule has 0 atom stereocenters. The molecule has 0 saturated heterocycles. The molecule has 2 aromatic carbocycles. The van der Waals surface area contributed by atoms with Crippen LogP contribution in [-0.2, 0) is 0 Å². The predicted molar refractivity (Wildman–Crippen MR) is 84.9 cm³/mol. The van der Waals surface area contributed by atoms with E-state index in [1.807, 2.05) is 42.5 Å². The van der Waals surface area contributed by atoms with E-state index in [-0.39, 0.29) is 0 Å². The molecule has 0 radical (unpaired) electrons. The van der Waals surface area contributed by atoms with Gasteiger partial charge in [-0.2, -0.15) is 0 Å². The summed E-state index contributed by atoms with van der Waals surface area (Å²) in [6.45, 7) is 0. The highest BCUT2D eigenvalue weighted by atomic mass is 15.1. The first-order valence-corrected chi connectivity index (χ1v) is 6.63. The smallest absolute Gasteiger partial charge is 0.230 e. The Morgan fingerprint density at radius 3 is 2.29 bits per heavy atom. The van der Waals surface area contributed by atoms with E-state index in [0.717, 1.165) is 16.8 Å². The number of hydrogen-bond acceptors (Lipinski definition) is 4. The Balaban J connectivity index is 1.84. The molecule has 102 valence electrons. The largest absolute Gasteiger partial charge is 0.324 e. The van der Waals surface area contributed by atoms with Gasteiger partial charge in [-0.05, 0) is 17.2 Å². The molecule has 21 heavy (non-hydrogen) atoms. The summed E-state index contributed by atoms with van der Waals surface area (Å²) in [5.41, 5.74) is 3.19. The van der Waals surface area contributed by atoms with E-state index in [2.05, 4.69) is 44.6 Å². The standard InChI is InChI=1S/C17H14N4/c1-2-6-14(7-3-1)10-11-15-8-4-5-9-16(15)21-17-19-12-18-13-20-17/h1-13H,(H,18,19,20,21). The van der Waals surface area contributed by atoms with E-state index in [1.54, 1.807) is 0 Å². The van der Waals surface area contributed by atoms with Crippen LogP contribution in [0.25, 0.3) is 12.2 Å². The Kier molecular flexibility index (Phi) is 3.98. The predicted octanol–water partition coefficient (Wildman–Crippen LogP) is 3.79. The second kappa shape index (κ2) is 6.43. The highest BCUT2D eigenvalue weighted by Gasteiger charge is 2.00. The number of nitrogens with one attached hydrogen (secondary N) is 1. The molecule has 0 bridgehead atoms. The molecule has 0 unspecified atom stereocenters. The maximum atomic E-state index is 4.08. The van der Waals surface area contributed by atoms with Crippen LogP contribution in [-0.4, -0.2) is 15.0 Å². The van der Waals surface area contributed by atoms with Crippen molar-refractivity contribution in [1.29, 1.82) is 0 Å². The molecule has 3 rings (SSSR count). The third kappa shape index (κ3) is 3.51. The van der Waals surface area contributed by atoms with E-state index in [1.165, 1.54) is 12.7 Å². The van der Waals surface area contributed by atoms with Gasteiger partial charge in [0, 0.05) is 5.69 Å². The second-order valence-electron chi connectivity index (χ2n) is 4.42. The third-order valence-corrected chi connectivity index (χ3v) is 2.96. The second-order valence-corrected chi connectivity index (χ2v) is 4.42. The molecule has 4 nitrogen and oxygen atoms in total. The lowest BCUT2D eigenvalue weighted by atomic mass is 10.1. The van der Waals surface area contributed by atoms with Gasteiger partial charge in [-0.25, -0.2) is 15.0 Å². The van der Waals surface area contributed by atoms with Crippen molar-refractivity contribution in [1.82, 2.24) is 15.0 Å². The Morgan fingerprint density at radius 1 is 0.762 bits per heavy atom. The Hall–Kier alpha value is -3.01. The molecular weight excluding hydrogens is 260 g/mol. The van der Waals surface area contributed by atoms with Crippen LogP contribution >= 0.6 is 0 Å². The molecule has 0 fully saturated rings. The number of rotatable bonds is 4. The van der Waals surface area contributed by atoms with Crippen molar-refractivity contribution in [2.75, 3.05) is 5.32 Å². The van der Waals surface area contributed by atoms with Crippen LogP contribution in [0, 0.1) is 0 Å². The molecule has 1 heterocycles. The SMILES string of the molecule is C(=Cc1ccccc1Nc1ncncn1)c1ccccc1. The molecule has 0 amide bonds. The zero-order chi connectivity index (χ0) is 14.3. The maximum Gasteiger partial charge on any atom is 0.230 e. The molecular formula is C17H14N4. The van der Waals surface area contributed by atoms with Gasteiger partial charge >= 0.3 is 0 Å². The zero-order valence-corrected chi connectivity index (χ0v) is 11.3. The van der Waals surface area contributed by atoms with Gasteiger partial charge in [-0.3, -0.25) is 0 Å². The summed E-state index contributed by atoms with van der Waals surface area (Å²) in [5.74, 6) is 0.533. The molecule has 0 aliphatic rings. The van der Waals surface area contributed by atoms with Gasteiger partial charge in [0.1, 0.15) is 12.7 Å². The number of anilines is 2. The molecule has 3 aromatic rings. The molecule has 0 aliphatic carbocycles. The van der Waals surface area contributed by atoms with Gasteiger partial charge in [-0.1, -0.05) is 60.7 Å². The lowest BCUT2D eigenvalue weighted by Gasteiger charge is -2.07. The third-order valence-electron chi connectivity index (χ3n) is 2.96. The molecule has 0 aliphatic heterocycles. The topological polar surface area (TPSA) is 50.7 Å². The first kappa shape index (κ1) is 13.0.